The van der Waals surface area contributed by atoms with E-state index in [1.165, 1.54) is 0 Å². The second kappa shape index (κ2) is 5.55. The number of rotatable bonds is 5. The number of nitrogens with one attached hydrogen (secondary N) is 1. The van der Waals surface area contributed by atoms with Crippen molar-refractivity contribution in [3.05, 3.63) is 36.0 Å². The smallest absolute Gasteiger partial charge is 0.0733 e. The van der Waals surface area contributed by atoms with E-state index < -0.39 is 6.10 Å². The molecular weight excluding hydrogens is 224 g/mol. The van der Waals surface area contributed by atoms with Crippen molar-refractivity contribution in [1.82, 2.24) is 4.98 Å². The summed E-state index contributed by atoms with van der Waals surface area (Å²) in [7, 11) is 0. The number of aromatic nitrogens is 1. The number of hydrogen-bond acceptors (Lipinski definition) is 2. The number of benzene rings is 1. The Morgan fingerprint density at radius 3 is 2.72 bits per heavy atom. The molecule has 0 bridgehead atoms. The molecule has 98 valence electrons. The predicted octanol–water partition coefficient (Wildman–Crippen LogP) is 2.96. The van der Waals surface area contributed by atoms with E-state index in [1.807, 2.05) is 30.5 Å². The van der Waals surface area contributed by atoms with E-state index >= 15 is 0 Å². The van der Waals surface area contributed by atoms with Gasteiger partial charge >= 0.3 is 0 Å². The van der Waals surface area contributed by atoms with Crippen LogP contribution in [-0.2, 0) is 0 Å². The van der Waals surface area contributed by atoms with E-state index in [1.54, 1.807) is 0 Å². The van der Waals surface area contributed by atoms with Crippen molar-refractivity contribution in [3.8, 4) is 0 Å². The predicted molar refractivity (Wildman–Crippen MR) is 75.3 cm³/mol. The zero-order valence-electron chi connectivity index (χ0n) is 11.1. The quantitative estimate of drug-likeness (QED) is 0.759. The van der Waals surface area contributed by atoms with E-state index in [-0.39, 0.29) is 6.04 Å². The van der Waals surface area contributed by atoms with Crippen molar-refractivity contribution in [2.24, 2.45) is 11.7 Å². The van der Waals surface area contributed by atoms with Crippen LogP contribution in [0.4, 0.5) is 0 Å². The van der Waals surface area contributed by atoms with Crippen molar-refractivity contribution >= 4 is 10.9 Å². The molecule has 2 aromatic rings. The van der Waals surface area contributed by atoms with Crippen molar-refractivity contribution in [2.45, 2.75) is 38.8 Å². The Balaban J connectivity index is 2.17. The Hall–Kier alpha value is -1.32. The lowest BCUT2D eigenvalue weighted by Crippen LogP contribution is -2.26. The minimum absolute atomic E-state index is 0.316. The van der Waals surface area contributed by atoms with Crippen LogP contribution in [0.5, 0.6) is 0 Å². The van der Waals surface area contributed by atoms with Gasteiger partial charge in [-0.25, -0.2) is 0 Å². The summed E-state index contributed by atoms with van der Waals surface area (Å²) in [6.45, 7) is 4.32. The van der Waals surface area contributed by atoms with Gasteiger partial charge in [0.2, 0.25) is 0 Å². The average molecular weight is 246 g/mol. The number of aromatic amines is 1. The molecule has 0 unspecified atom stereocenters. The van der Waals surface area contributed by atoms with Crippen LogP contribution >= 0.6 is 0 Å². The Kier molecular flexibility index (Phi) is 4.04. The third-order valence-corrected chi connectivity index (χ3v) is 3.44. The fourth-order valence-corrected chi connectivity index (χ4v) is 2.29. The molecule has 0 aliphatic carbocycles. The van der Waals surface area contributed by atoms with Crippen LogP contribution < -0.4 is 5.73 Å². The molecule has 0 aliphatic rings. The molecule has 0 radical (unpaired) electrons. The lowest BCUT2D eigenvalue weighted by Gasteiger charge is -2.20. The molecule has 4 N–H and O–H groups in total. The molecule has 0 spiro atoms. The average Bonchev–Trinajstić information content (AvgIpc) is 2.82. The molecule has 1 heterocycles. The second-order valence-electron chi connectivity index (χ2n) is 5.35. The summed E-state index contributed by atoms with van der Waals surface area (Å²) in [5, 5.41) is 11.3. The van der Waals surface area contributed by atoms with Gasteiger partial charge < -0.3 is 15.8 Å². The molecule has 1 aromatic heterocycles. The summed E-state index contributed by atoms with van der Waals surface area (Å²) in [6, 6.07) is 7.69. The highest BCUT2D eigenvalue weighted by molar-refractivity contribution is 5.83. The van der Waals surface area contributed by atoms with Crippen molar-refractivity contribution in [2.75, 3.05) is 0 Å². The minimum atomic E-state index is -0.479. The largest absolute Gasteiger partial charge is 0.391 e. The topological polar surface area (TPSA) is 62.0 Å². The molecule has 2 atom stereocenters. The summed E-state index contributed by atoms with van der Waals surface area (Å²) in [4.78, 5) is 3.17. The molecule has 0 saturated heterocycles. The monoisotopic (exact) mass is 246 g/mol. The third-order valence-electron chi connectivity index (χ3n) is 3.44. The van der Waals surface area contributed by atoms with Gasteiger partial charge in [-0.15, -0.1) is 0 Å². The summed E-state index contributed by atoms with van der Waals surface area (Å²) in [5.74, 6) is 0.593. The van der Waals surface area contributed by atoms with Crippen LogP contribution in [0.15, 0.2) is 30.5 Å². The minimum Gasteiger partial charge on any atom is -0.391 e. The first kappa shape index (κ1) is 13.1. The van der Waals surface area contributed by atoms with Gasteiger partial charge in [-0.3, -0.25) is 0 Å². The first-order chi connectivity index (χ1) is 8.59. The van der Waals surface area contributed by atoms with Crippen LogP contribution in [0.3, 0.4) is 0 Å². The van der Waals surface area contributed by atoms with E-state index in [2.05, 4.69) is 18.8 Å². The molecule has 18 heavy (non-hydrogen) atoms. The molecule has 0 aliphatic heterocycles. The summed E-state index contributed by atoms with van der Waals surface area (Å²) >= 11 is 0. The Labute approximate surface area is 108 Å². The number of hydrogen-bond donors (Lipinski definition) is 3. The highest BCUT2D eigenvalue weighted by Gasteiger charge is 2.19. The van der Waals surface area contributed by atoms with Gasteiger partial charge in [-0.1, -0.05) is 26.0 Å². The molecule has 2 rings (SSSR count). The van der Waals surface area contributed by atoms with Crippen molar-refractivity contribution < 1.29 is 5.11 Å². The number of nitrogens with two attached hydrogens (primary N) is 1. The Morgan fingerprint density at radius 1 is 1.22 bits per heavy atom. The van der Waals surface area contributed by atoms with E-state index in [0.29, 0.717) is 5.92 Å². The Bertz CT molecular complexity index is 504. The molecule has 1 aromatic carbocycles. The maximum Gasteiger partial charge on any atom is 0.0733 e. The van der Waals surface area contributed by atoms with Crippen molar-refractivity contribution in [1.29, 1.82) is 0 Å². The van der Waals surface area contributed by atoms with Crippen LogP contribution in [-0.4, -0.2) is 16.2 Å². The maximum absolute atomic E-state index is 10.2. The van der Waals surface area contributed by atoms with E-state index in [0.717, 1.165) is 29.3 Å². The number of H-pyrrole nitrogens is 1. The number of aliphatic hydroxyl groups excluding tert-OH is 1. The van der Waals surface area contributed by atoms with E-state index in [4.69, 9.17) is 5.73 Å². The molecule has 3 heteroatoms. The zero-order chi connectivity index (χ0) is 13.1. The molecule has 0 saturated carbocycles. The lowest BCUT2D eigenvalue weighted by atomic mass is 9.94. The fourth-order valence-electron chi connectivity index (χ4n) is 2.29. The maximum atomic E-state index is 10.2. The number of fused-ring (bicyclic) bond motifs is 1. The fraction of sp³-hybridized carbons (Fsp3) is 0.467. The molecular formula is C15H22N2O. The molecule has 0 fully saturated rings. The van der Waals surface area contributed by atoms with Crippen LogP contribution in [0, 0.1) is 5.92 Å². The highest BCUT2D eigenvalue weighted by Crippen LogP contribution is 2.26. The summed E-state index contributed by atoms with van der Waals surface area (Å²) < 4.78 is 0. The third kappa shape index (κ3) is 2.74. The molecule has 0 amide bonds. The Morgan fingerprint density at radius 2 is 2.00 bits per heavy atom. The van der Waals surface area contributed by atoms with Gasteiger partial charge in [0.1, 0.15) is 0 Å². The SMILES string of the molecule is CC(C)CC[C@H](O)[C@H](N)c1cccc2[nH]ccc12. The molecule has 3 nitrogen and oxygen atoms in total. The summed E-state index contributed by atoms with van der Waals surface area (Å²) in [5.41, 5.74) is 8.27. The first-order valence-corrected chi connectivity index (χ1v) is 6.59. The van der Waals surface area contributed by atoms with E-state index in [9.17, 15) is 5.11 Å². The zero-order valence-corrected chi connectivity index (χ0v) is 11.1. The van der Waals surface area contributed by atoms with Gasteiger partial charge in [0.15, 0.2) is 0 Å². The highest BCUT2D eigenvalue weighted by atomic mass is 16.3. The van der Waals surface area contributed by atoms with Gasteiger partial charge in [-0.05, 0) is 36.5 Å². The van der Waals surface area contributed by atoms with Crippen molar-refractivity contribution in [3.63, 3.8) is 0 Å². The summed E-state index contributed by atoms with van der Waals surface area (Å²) in [6.07, 6.45) is 3.17. The van der Waals surface area contributed by atoms with Crippen LogP contribution in [0.2, 0.25) is 0 Å². The van der Waals surface area contributed by atoms with Gasteiger partial charge in [0.05, 0.1) is 12.1 Å². The normalized spacial score (nSPS) is 15.2. The van der Waals surface area contributed by atoms with Gasteiger partial charge in [0, 0.05) is 17.1 Å². The standard InChI is InChI=1S/C15H22N2O/c1-10(2)6-7-14(18)15(16)12-4-3-5-13-11(12)8-9-17-13/h3-5,8-10,14-15,17-18H,6-7,16H2,1-2H3/t14-,15+/m0/s1. The van der Waals surface area contributed by atoms with Crippen LogP contribution in [0.25, 0.3) is 10.9 Å². The lowest BCUT2D eigenvalue weighted by molar-refractivity contribution is 0.129. The van der Waals surface area contributed by atoms with Gasteiger partial charge in [0.25, 0.3) is 0 Å². The second-order valence-corrected chi connectivity index (χ2v) is 5.35. The number of aliphatic hydroxyl groups is 1. The van der Waals surface area contributed by atoms with Crippen LogP contribution in [0.1, 0.15) is 38.3 Å². The van der Waals surface area contributed by atoms with Gasteiger partial charge in [-0.2, -0.15) is 0 Å². The first-order valence-electron chi connectivity index (χ1n) is 6.59.